The van der Waals surface area contributed by atoms with E-state index in [-0.39, 0.29) is 17.7 Å². The van der Waals surface area contributed by atoms with Crippen molar-refractivity contribution in [3.63, 3.8) is 0 Å². The van der Waals surface area contributed by atoms with Gasteiger partial charge in [-0.1, -0.05) is 43.2 Å². The van der Waals surface area contributed by atoms with E-state index < -0.39 is 5.91 Å². The first-order valence-electron chi connectivity index (χ1n) is 10.5. The molecular weight excluding hydrogens is 446 g/mol. The number of nitrogens with two attached hydrogens (primary N) is 1. The topological polar surface area (TPSA) is 112 Å². The lowest BCUT2D eigenvalue weighted by Gasteiger charge is -2.26. The number of benzene rings is 1. The van der Waals surface area contributed by atoms with Gasteiger partial charge in [0.15, 0.2) is 11.0 Å². The minimum absolute atomic E-state index is 0.146. The molecule has 1 aliphatic rings. The summed E-state index contributed by atoms with van der Waals surface area (Å²) in [5.74, 6) is 0.853. The summed E-state index contributed by atoms with van der Waals surface area (Å²) in [4.78, 5) is 24.1. The lowest BCUT2D eigenvalue weighted by atomic mass is 9.95. The van der Waals surface area contributed by atoms with Gasteiger partial charge in [0.25, 0.3) is 5.91 Å². The fourth-order valence-electron chi connectivity index (χ4n) is 3.95. The Bertz CT molecular complexity index is 1100. The molecule has 3 aromatic rings. The number of carbonyl (C=O) groups excluding carboxylic acids is 2. The van der Waals surface area contributed by atoms with E-state index in [0.717, 1.165) is 42.8 Å². The maximum Gasteiger partial charge on any atom is 0.251 e. The van der Waals surface area contributed by atoms with Gasteiger partial charge in [0, 0.05) is 6.04 Å². The average Bonchev–Trinajstić information content (AvgIpc) is 3.45. The zero-order chi connectivity index (χ0) is 22.5. The fraction of sp³-hybridized carbons (Fsp3) is 0.364. The standard InChI is InChI=1S/C22H25N5O3S2/c1-30-17-10-6-5-9-15(17)20-25-26-22(27(20)14-7-3-2-4-8-14)32-13-18(28)24-21-16(19(23)29)11-12-31-21/h5-6,9-12,14H,2-4,7-8,13H2,1H3,(H2,23,29)(H,24,28). The van der Waals surface area contributed by atoms with Crippen molar-refractivity contribution in [2.45, 2.75) is 43.3 Å². The molecule has 0 spiro atoms. The van der Waals surface area contributed by atoms with Crippen LogP contribution < -0.4 is 15.8 Å². The molecule has 2 amide bonds. The number of ether oxygens (including phenoxy) is 1. The first kappa shape index (κ1) is 22.3. The molecule has 0 atom stereocenters. The van der Waals surface area contributed by atoms with Gasteiger partial charge in [0.2, 0.25) is 5.91 Å². The van der Waals surface area contributed by atoms with Crippen LogP contribution in [0.2, 0.25) is 0 Å². The third kappa shape index (κ3) is 4.81. The molecule has 4 rings (SSSR count). The largest absolute Gasteiger partial charge is 0.496 e. The number of hydrogen-bond acceptors (Lipinski definition) is 7. The zero-order valence-corrected chi connectivity index (χ0v) is 19.4. The Kier molecular flexibility index (Phi) is 7.11. The van der Waals surface area contributed by atoms with Crippen molar-refractivity contribution in [3.8, 4) is 17.1 Å². The second-order valence-corrected chi connectivity index (χ2v) is 9.39. The van der Waals surface area contributed by atoms with E-state index >= 15 is 0 Å². The van der Waals surface area contributed by atoms with E-state index in [1.54, 1.807) is 18.6 Å². The minimum Gasteiger partial charge on any atom is -0.496 e. The molecule has 1 fully saturated rings. The van der Waals surface area contributed by atoms with Gasteiger partial charge in [-0.05, 0) is 36.4 Å². The molecule has 10 heteroatoms. The smallest absolute Gasteiger partial charge is 0.251 e. The Morgan fingerprint density at radius 3 is 2.75 bits per heavy atom. The van der Waals surface area contributed by atoms with Crippen molar-refractivity contribution in [1.29, 1.82) is 0 Å². The van der Waals surface area contributed by atoms with E-state index in [1.165, 1.54) is 29.5 Å². The van der Waals surface area contributed by atoms with Crippen molar-refractivity contribution < 1.29 is 14.3 Å². The number of hydrogen-bond donors (Lipinski definition) is 2. The Balaban J connectivity index is 1.57. The molecule has 1 saturated carbocycles. The van der Waals surface area contributed by atoms with Crippen molar-refractivity contribution in [2.24, 2.45) is 5.73 Å². The summed E-state index contributed by atoms with van der Waals surface area (Å²) in [5, 5.41) is 14.6. The number of amides is 2. The van der Waals surface area contributed by atoms with Gasteiger partial charge in [-0.3, -0.25) is 14.2 Å². The number of nitrogens with zero attached hydrogens (tertiary/aromatic N) is 3. The number of rotatable bonds is 8. The van der Waals surface area contributed by atoms with Gasteiger partial charge in [0.1, 0.15) is 10.8 Å². The van der Waals surface area contributed by atoms with Crippen LogP contribution in [0.1, 0.15) is 48.5 Å². The van der Waals surface area contributed by atoms with Gasteiger partial charge in [-0.2, -0.15) is 0 Å². The van der Waals surface area contributed by atoms with Crippen LogP contribution in [0.25, 0.3) is 11.4 Å². The molecule has 0 unspecified atom stereocenters. The molecule has 1 aliphatic carbocycles. The molecule has 32 heavy (non-hydrogen) atoms. The highest BCUT2D eigenvalue weighted by Crippen LogP contribution is 2.38. The maximum atomic E-state index is 12.6. The van der Waals surface area contributed by atoms with Crippen molar-refractivity contribution in [3.05, 3.63) is 41.3 Å². The molecule has 2 aromatic heterocycles. The van der Waals surface area contributed by atoms with Crippen LogP contribution in [0.3, 0.4) is 0 Å². The first-order chi connectivity index (χ1) is 15.6. The fourth-order valence-corrected chi connectivity index (χ4v) is 5.56. The highest BCUT2D eigenvalue weighted by Gasteiger charge is 2.25. The second-order valence-electron chi connectivity index (χ2n) is 7.53. The van der Waals surface area contributed by atoms with Gasteiger partial charge < -0.3 is 15.8 Å². The highest BCUT2D eigenvalue weighted by molar-refractivity contribution is 7.99. The molecule has 1 aromatic carbocycles. The molecule has 0 aliphatic heterocycles. The Morgan fingerprint density at radius 1 is 1.22 bits per heavy atom. The zero-order valence-electron chi connectivity index (χ0n) is 17.7. The van der Waals surface area contributed by atoms with Crippen molar-refractivity contribution in [2.75, 3.05) is 18.2 Å². The third-order valence-corrected chi connectivity index (χ3v) is 7.24. The van der Waals surface area contributed by atoms with E-state index in [1.807, 2.05) is 24.3 Å². The summed E-state index contributed by atoms with van der Waals surface area (Å²) in [7, 11) is 1.64. The van der Waals surface area contributed by atoms with E-state index in [4.69, 9.17) is 10.5 Å². The van der Waals surface area contributed by atoms with Crippen LogP contribution in [-0.2, 0) is 4.79 Å². The predicted molar refractivity (Wildman–Crippen MR) is 126 cm³/mol. The number of primary amides is 1. The molecular formula is C22H25N5O3S2. The number of para-hydroxylation sites is 1. The summed E-state index contributed by atoms with van der Waals surface area (Å²) >= 11 is 2.61. The summed E-state index contributed by atoms with van der Waals surface area (Å²) < 4.78 is 7.71. The number of anilines is 1. The lowest BCUT2D eigenvalue weighted by molar-refractivity contribution is -0.113. The van der Waals surface area contributed by atoms with Crippen LogP contribution in [0, 0.1) is 0 Å². The lowest BCUT2D eigenvalue weighted by Crippen LogP contribution is -2.19. The van der Waals surface area contributed by atoms with Crippen LogP contribution in [0.5, 0.6) is 5.75 Å². The predicted octanol–water partition coefficient (Wildman–Crippen LogP) is 4.35. The normalized spacial score (nSPS) is 14.3. The number of carbonyl (C=O) groups is 2. The van der Waals surface area contributed by atoms with E-state index in [0.29, 0.717) is 15.7 Å². The quantitative estimate of drug-likeness (QED) is 0.472. The summed E-state index contributed by atoms with van der Waals surface area (Å²) in [6, 6.07) is 9.65. The number of thiophene rings is 1. The molecule has 0 radical (unpaired) electrons. The molecule has 0 saturated heterocycles. The maximum absolute atomic E-state index is 12.6. The Morgan fingerprint density at radius 2 is 2.00 bits per heavy atom. The summed E-state index contributed by atoms with van der Waals surface area (Å²) in [5.41, 5.74) is 6.56. The number of nitrogens with one attached hydrogen (secondary N) is 1. The van der Waals surface area contributed by atoms with Crippen LogP contribution in [0.15, 0.2) is 40.9 Å². The molecule has 168 valence electrons. The highest BCUT2D eigenvalue weighted by atomic mass is 32.2. The SMILES string of the molecule is COc1ccccc1-c1nnc(SCC(=O)Nc2sccc2C(N)=O)n1C1CCCCC1. The van der Waals surface area contributed by atoms with Gasteiger partial charge >= 0.3 is 0 Å². The van der Waals surface area contributed by atoms with Crippen LogP contribution in [-0.4, -0.2) is 39.4 Å². The summed E-state index contributed by atoms with van der Waals surface area (Å²) in [6.07, 6.45) is 5.66. The third-order valence-electron chi connectivity index (χ3n) is 5.47. The van der Waals surface area contributed by atoms with Crippen molar-refractivity contribution in [1.82, 2.24) is 14.8 Å². The van der Waals surface area contributed by atoms with Gasteiger partial charge in [-0.15, -0.1) is 21.5 Å². The Labute approximate surface area is 194 Å². The number of methoxy groups -OCH3 is 1. The molecule has 2 heterocycles. The molecule has 3 N–H and O–H groups in total. The number of aromatic nitrogens is 3. The first-order valence-corrected chi connectivity index (χ1v) is 12.3. The van der Waals surface area contributed by atoms with Crippen LogP contribution in [0.4, 0.5) is 5.00 Å². The van der Waals surface area contributed by atoms with E-state index in [9.17, 15) is 9.59 Å². The average molecular weight is 472 g/mol. The van der Waals surface area contributed by atoms with Crippen LogP contribution >= 0.6 is 23.1 Å². The molecule has 0 bridgehead atoms. The number of thioether (sulfide) groups is 1. The van der Waals surface area contributed by atoms with E-state index in [2.05, 4.69) is 20.1 Å². The Hall–Kier alpha value is -2.85. The van der Waals surface area contributed by atoms with Gasteiger partial charge in [-0.25, -0.2) is 0 Å². The summed E-state index contributed by atoms with van der Waals surface area (Å²) in [6.45, 7) is 0. The molecule has 8 nitrogen and oxygen atoms in total. The van der Waals surface area contributed by atoms with Gasteiger partial charge in [0.05, 0.1) is 24.0 Å². The second kappa shape index (κ2) is 10.2. The minimum atomic E-state index is -0.562. The monoisotopic (exact) mass is 471 g/mol. The van der Waals surface area contributed by atoms with Crippen molar-refractivity contribution >= 4 is 39.9 Å².